The number of aromatic hydroxyl groups is 2. The fraction of sp³-hybridized carbons (Fsp3) is 0.353. The first-order chi connectivity index (χ1) is 20.5. The Morgan fingerprint density at radius 2 is 1.02 bits per heavy atom. The summed E-state index contributed by atoms with van der Waals surface area (Å²) in [6.45, 7) is 0. The molecule has 42 heavy (non-hydrogen) atoms. The van der Waals surface area contributed by atoms with Crippen molar-refractivity contribution in [2.24, 2.45) is 9.98 Å². The molecule has 8 heteroatoms. The molecule has 8 nitrogen and oxygen atoms in total. The summed E-state index contributed by atoms with van der Waals surface area (Å²) in [7, 11) is 0. The fourth-order valence-corrected chi connectivity index (χ4v) is 5.33. The molecule has 2 N–H and O–H groups in total. The maximum atomic E-state index is 12.5. The smallest absolute Gasteiger partial charge is 0.338 e. The van der Waals surface area contributed by atoms with Gasteiger partial charge in [0, 0.05) is 23.6 Å². The van der Waals surface area contributed by atoms with Crippen LogP contribution in [0.4, 0.5) is 11.4 Å². The van der Waals surface area contributed by atoms with Gasteiger partial charge in [0.1, 0.15) is 23.7 Å². The summed E-state index contributed by atoms with van der Waals surface area (Å²) >= 11 is 0. The van der Waals surface area contributed by atoms with E-state index in [0.29, 0.717) is 33.6 Å². The molecule has 5 rings (SSSR count). The van der Waals surface area contributed by atoms with Gasteiger partial charge >= 0.3 is 11.9 Å². The second-order valence-corrected chi connectivity index (χ2v) is 10.9. The standard InChI is InChI=1S/C34H36N2O6/c37-31-19-23(33(39)41-27-9-3-1-4-10-27)15-17-25(31)21-35-29-13-7-8-14-30(29)36-22-26-18-16-24(20-32(26)38)34(40)42-28-11-5-2-6-12-28/h7-8,13-22,27-28,37-38H,1-6,9-12H2. The van der Waals surface area contributed by atoms with Gasteiger partial charge in [0.15, 0.2) is 0 Å². The summed E-state index contributed by atoms with van der Waals surface area (Å²) in [4.78, 5) is 34.0. The molecule has 218 valence electrons. The van der Waals surface area contributed by atoms with Crippen LogP contribution >= 0.6 is 0 Å². The third-order valence-corrected chi connectivity index (χ3v) is 7.75. The minimum atomic E-state index is -0.433. The SMILES string of the molecule is O=C(OC1CCCCC1)c1ccc(C=Nc2ccccc2N=Cc2ccc(C(=O)OC3CCCCC3)cc2O)c(O)c1. The number of phenolic OH excluding ortho intramolecular Hbond substituents is 2. The lowest BCUT2D eigenvalue weighted by Gasteiger charge is -2.21. The lowest BCUT2D eigenvalue weighted by molar-refractivity contribution is 0.0201. The Balaban J connectivity index is 1.24. The van der Waals surface area contributed by atoms with E-state index in [1.165, 1.54) is 37.4 Å². The van der Waals surface area contributed by atoms with E-state index in [2.05, 4.69) is 9.98 Å². The van der Waals surface area contributed by atoms with E-state index in [9.17, 15) is 19.8 Å². The lowest BCUT2D eigenvalue weighted by Crippen LogP contribution is -2.20. The zero-order valence-corrected chi connectivity index (χ0v) is 23.6. The summed E-state index contributed by atoms with van der Waals surface area (Å²) in [6.07, 6.45) is 13.0. The average Bonchev–Trinajstić information content (AvgIpc) is 3.01. The maximum absolute atomic E-state index is 12.5. The van der Waals surface area contributed by atoms with E-state index in [1.807, 2.05) is 12.1 Å². The van der Waals surface area contributed by atoms with E-state index in [4.69, 9.17) is 9.47 Å². The molecule has 2 saturated carbocycles. The molecule has 0 aromatic heterocycles. The van der Waals surface area contributed by atoms with Gasteiger partial charge in [0.05, 0.1) is 22.5 Å². The summed E-state index contributed by atoms with van der Waals surface area (Å²) in [5.41, 5.74) is 2.57. The Kier molecular flexibility index (Phi) is 9.64. The van der Waals surface area contributed by atoms with Crippen molar-refractivity contribution in [1.29, 1.82) is 0 Å². The zero-order chi connectivity index (χ0) is 29.3. The molecule has 3 aromatic rings. The number of carbonyl (C=O) groups excluding carboxylic acids is 2. The first-order valence-corrected chi connectivity index (χ1v) is 14.7. The number of ether oxygens (including phenoxy) is 2. The van der Waals surface area contributed by atoms with Crippen molar-refractivity contribution < 1.29 is 29.3 Å². The van der Waals surface area contributed by atoms with Crippen molar-refractivity contribution in [2.45, 2.75) is 76.4 Å². The second kappa shape index (κ2) is 13.9. The molecule has 0 aliphatic heterocycles. The van der Waals surface area contributed by atoms with E-state index in [0.717, 1.165) is 51.4 Å². The van der Waals surface area contributed by atoms with Crippen LogP contribution in [-0.2, 0) is 9.47 Å². The first kappa shape index (κ1) is 29.0. The van der Waals surface area contributed by atoms with Crippen LogP contribution in [0.5, 0.6) is 11.5 Å². The quantitative estimate of drug-likeness (QED) is 0.214. The highest BCUT2D eigenvalue weighted by Gasteiger charge is 2.20. The van der Waals surface area contributed by atoms with Crippen LogP contribution in [0.1, 0.15) is 96.1 Å². The van der Waals surface area contributed by atoms with Gasteiger partial charge in [-0.1, -0.05) is 25.0 Å². The van der Waals surface area contributed by atoms with Gasteiger partial charge in [-0.3, -0.25) is 9.98 Å². The molecule has 2 aliphatic rings. The molecule has 0 saturated heterocycles. The highest BCUT2D eigenvalue weighted by molar-refractivity contribution is 5.95. The molecule has 2 fully saturated rings. The van der Waals surface area contributed by atoms with Gasteiger partial charge in [-0.15, -0.1) is 0 Å². The van der Waals surface area contributed by atoms with E-state index >= 15 is 0 Å². The molecule has 3 aromatic carbocycles. The molecule has 0 atom stereocenters. The van der Waals surface area contributed by atoms with E-state index < -0.39 is 11.9 Å². The normalized spacial score (nSPS) is 16.6. The number of phenols is 2. The Morgan fingerprint density at radius 3 is 1.40 bits per heavy atom. The Labute approximate surface area is 245 Å². The van der Waals surface area contributed by atoms with Crippen molar-refractivity contribution >= 4 is 35.7 Å². The number of hydrogen-bond donors (Lipinski definition) is 2. The largest absolute Gasteiger partial charge is 0.507 e. The minimum absolute atomic E-state index is 0.0608. The van der Waals surface area contributed by atoms with Gasteiger partial charge in [-0.25, -0.2) is 9.59 Å². The topological polar surface area (TPSA) is 118 Å². The lowest BCUT2D eigenvalue weighted by atomic mass is 9.98. The third-order valence-electron chi connectivity index (χ3n) is 7.75. The number of hydrogen-bond acceptors (Lipinski definition) is 8. The van der Waals surface area contributed by atoms with Gasteiger partial charge in [-0.2, -0.15) is 0 Å². The van der Waals surface area contributed by atoms with Gasteiger partial charge < -0.3 is 19.7 Å². The highest BCUT2D eigenvalue weighted by Crippen LogP contribution is 2.29. The third kappa shape index (κ3) is 7.63. The predicted octanol–water partition coefficient (Wildman–Crippen LogP) is 7.58. The number of benzene rings is 3. The van der Waals surface area contributed by atoms with Crippen molar-refractivity contribution in [3.8, 4) is 11.5 Å². The van der Waals surface area contributed by atoms with Crippen LogP contribution in [0.25, 0.3) is 0 Å². The molecular formula is C34H36N2O6. The molecule has 2 aliphatic carbocycles. The maximum Gasteiger partial charge on any atom is 0.338 e. The van der Waals surface area contributed by atoms with Gasteiger partial charge in [-0.05, 0) is 99.9 Å². The van der Waals surface area contributed by atoms with Crippen LogP contribution in [0.3, 0.4) is 0 Å². The molecule has 0 amide bonds. The number of esters is 2. The molecule has 0 radical (unpaired) electrons. The Bertz CT molecular complexity index is 1360. The fourth-order valence-electron chi connectivity index (χ4n) is 5.33. The van der Waals surface area contributed by atoms with Crippen molar-refractivity contribution in [3.63, 3.8) is 0 Å². The van der Waals surface area contributed by atoms with Crippen molar-refractivity contribution in [1.82, 2.24) is 0 Å². The second-order valence-electron chi connectivity index (χ2n) is 10.9. The summed E-state index contributed by atoms with van der Waals surface area (Å²) in [6, 6.07) is 16.5. The van der Waals surface area contributed by atoms with Crippen LogP contribution in [0.15, 0.2) is 70.6 Å². The number of rotatable bonds is 8. The van der Waals surface area contributed by atoms with Crippen LogP contribution in [-0.4, -0.2) is 46.8 Å². The monoisotopic (exact) mass is 568 g/mol. The molecule has 0 heterocycles. The van der Waals surface area contributed by atoms with Crippen LogP contribution in [0.2, 0.25) is 0 Å². The van der Waals surface area contributed by atoms with Crippen LogP contribution < -0.4 is 0 Å². The Morgan fingerprint density at radius 1 is 0.619 bits per heavy atom. The molecule has 0 unspecified atom stereocenters. The minimum Gasteiger partial charge on any atom is -0.507 e. The predicted molar refractivity (Wildman–Crippen MR) is 162 cm³/mol. The number of carbonyl (C=O) groups is 2. The van der Waals surface area contributed by atoms with Crippen molar-refractivity contribution in [3.05, 3.63) is 82.9 Å². The number of aliphatic imine (C=N–C) groups is 2. The summed E-state index contributed by atoms with van der Waals surface area (Å²) in [5, 5.41) is 21.1. The Hall–Kier alpha value is -4.46. The summed E-state index contributed by atoms with van der Waals surface area (Å²) in [5.74, 6) is -1.02. The summed E-state index contributed by atoms with van der Waals surface area (Å²) < 4.78 is 11.2. The average molecular weight is 569 g/mol. The van der Waals surface area contributed by atoms with E-state index in [1.54, 1.807) is 36.4 Å². The van der Waals surface area contributed by atoms with Gasteiger partial charge in [0.25, 0.3) is 0 Å². The highest BCUT2D eigenvalue weighted by atomic mass is 16.5. The molecule has 0 bridgehead atoms. The van der Waals surface area contributed by atoms with Gasteiger partial charge in [0.2, 0.25) is 0 Å². The van der Waals surface area contributed by atoms with E-state index in [-0.39, 0.29) is 23.7 Å². The number of nitrogens with zero attached hydrogens (tertiary/aromatic N) is 2. The molecular weight excluding hydrogens is 532 g/mol. The van der Waals surface area contributed by atoms with Crippen molar-refractivity contribution in [2.75, 3.05) is 0 Å². The van der Waals surface area contributed by atoms with Crippen LogP contribution in [0, 0.1) is 0 Å². The first-order valence-electron chi connectivity index (χ1n) is 14.7. The zero-order valence-electron chi connectivity index (χ0n) is 23.6. The number of para-hydroxylation sites is 2. The molecule has 0 spiro atoms.